The van der Waals surface area contributed by atoms with Crippen LogP contribution in [0.15, 0.2) is 0 Å². The SMILES string of the molecule is CCC[S+]([O-])N(CC)N(CC)[S+]([O-])CC. The van der Waals surface area contributed by atoms with Crippen LogP contribution in [-0.4, -0.2) is 42.5 Å². The highest BCUT2D eigenvalue weighted by Gasteiger charge is 2.31. The van der Waals surface area contributed by atoms with E-state index in [1.165, 1.54) is 0 Å². The Morgan fingerprint density at radius 2 is 1.33 bits per heavy atom. The largest absolute Gasteiger partial charge is 0.597 e. The molecule has 0 aromatic rings. The monoisotopic (exact) mass is 254 g/mol. The van der Waals surface area contributed by atoms with Crippen molar-refractivity contribution in [1.82, 2.24) is 8.83 Å². The van der Waals surface area contributed by atoms with E-state index in [-0.39, 0.29) is 0 Å². The Morgan fingerprint density at radius 1 is 0.867 bits per heavy atom. The van der Waals surface area contributed by atoms with Crippen molar-refractivity contribution in [3.63, 3.8) is 0 Å². The smallest absolute Gasteiger partial charge is 0.127 e. The maximum absolute atomic E-state index is 11.9. The zero-order chi connectivity index (χ0) is 11.8. The van der Waals surface area contributed by atoms with Gasteiger partial charge in [-0.3, -0.25) is 0 Å². The second-order valence-electron chi connectivity index (χ2n) is 2.97. The summed E-state index contributed by atoms with van der Waals surface area (Å²) in [4.78, 5) is 0. The van der Waals surface area contributed by atoms with Crippen LogP contribution in [0.4, 0.5) is 0 Å². The number of hydrogen-bond donors (Lipinski definition) is 0. The van der Waals surface area contributed by atoms with E-state index in [9.17, 15) is 9.11 Å². The molecule has 6 heteroatoms. The highest BCUT2D eigenvalue weighted by Crippen LogP contribution is 2.13. The first-order chi connectivity index (χ1) is 7.12. The maximum Gasteiger partial charge on any atom is 0.127 e. The Hall–Kier alpha value is 0.540. The molecule has 0 spiro atoms. The molecule has 0 aliphatic heterocycles. The lowest BCUT2D eigenvalue weighted by molar-refractivity contribution is 0.176. The lowest BCUT2D eigenvalue weighted by atomic mass is 10.6. The van der Waals surface area contributed by atoms with Crippen molar-refractivity contribution >= 4 is 22.7 Å². The molecule has 15 heavy (non-hydrogen) atoms. The summed E-state index contributed by atoms with van der Waals surface area (Å²) in [7, 11) is 0. The number of hydrogen-bond acceptors (Lipinski definition) is 4. The van der Waals surface area contributed by atoms with Crippen molar-refractivity contribution in [2.24, 2.45) is 0 Å². The first kappa shape index (κ1) is 15.5. The van der Waals surface area contributed by atoms with Crippen molar-refractivity contribution in [3.05, 3.63) is 0 Å². The molecule has 0 amide bonds. The van der Waals surface area contributed by atoms with Crippen molar-refractivity contribution < 1.29 is 9.11 Å². The molecular weight excluding hydrogens is 232 g/mol. The van der Waals surface area contributed by atoms with Gasteiger partial charge in [-0.2, -0.15) is 0 Å². The highest BCUT2D eigenvalue weighted by molar-refractivity contribution is 7.91. The van der Waals surface area contributed by atoms with E-state index in [0.29, 0.717) is 24.6 Å². The predicted molar refractivity (Wildman–Crippen MR) is 66.7 cm³/mol. The summed E-state index contributed by atoms with van der Waals surface area (Å²) < 4.78 is 27.0. The van der Waals surface area contributed by atoms with Crippen LogP contribution in [0.25, 0.3) is 0 Å². The van der Waals surface area contributed by atoms with Gasteiger partial charge < -0.3 is 9.11 Å². The van der Waals surface area contributed by atoms with Crippen molar-refractivity contribution in [2.75, 3.05) is 24.6 Å². The first-order valence-electron chi connectivity index (χ1n) is 5.44. The van der Waals surface area contributed by atoms with Crippen LogP contribution in [0, 0.1) is 0 Å². The lowest BCUT2D eigenvalue weighted by Crippen LogP contribution is -2.50. The number of nitrogens with zero attached hydrogens (tertiary/aromatic N) is 2. The van der Waals surface area contributed by atoms with E-state index in [0.717, 1.165) is 6.42 Å². The maximum atomic E-state index is 11.9. The number of rotatable bonds is 8. The third kappa shape index (κ3) is 4.93. The van der Waals surface area contributed by atoms with E-state index < -0.39 is 22.7 Å². The first-order valence-corrected chi connectivity index (χ1v) is 7.99. The van der Waals surface area contributed by atoms with Gasteiger partial charge in [0, 0.05) is 0 Å². The molecule has 2 atom stereocenters. The van der Waals surface area contributed by atoms with Gasteiger partial charge in [0.1, 0.15) is 11.5 Å². The van der Waals surface area contributed by atoms with Gasteiger partial charge in [-0.1, -0.05) is 6.92 Å². The summed E-state index contributed by atoms with van der Waals surface area (Å²) in [6.45, 7) is 8.99. The molecule has 0 aliphatic rings. The van der Waals surface area contributed by atoms with Gasteiger partial charge in [-0.25, -0.2) is 0 Å². The average molecular weight is 254 g/mol. The molecule has 0 rings (SSSR count). The van der Waals surface area contributed by atoms with E-state index in [1.807, 2.05) is 27.7 Å². The molecule has 0 heterocycles. The zero-order valence-corrected chi connectivity index (χ0v) is 11.7. The van der Waals surface area contributed by atoms with E-state index in [1.54, 1.807) is 8.83 Å². The molecule has 92 valence electrons. The summed E-state index contributed by atoms with van der Waals surface area (Å²) in [6.07, 6.45) is 0.874. The van der Waals surface area contributed by atoms with E-state index in [2.05, 4.69) is 0 Å². The standard InChI is InChI=1S/C9H22N2O2S2/c1-5-9-15(13)11(7-3)10(6-2)14(12)8-4/h5-9H2,1-4H3. The van der Waals surface area contributed by atoms with Gasteiger partial charge in [-0.15, -0.1) is 0 Å². The van der Waals surface area contributed by atoms with E-state index in [4.69, 9.17) is 0 Å². The second kappa shape index (κ2) is 8.66. The molecule has 0 aromatic carbocycles. The molecule has 0 N–H and O–H groups in total. The predicted octanol–water partition coefficient (Wildman–Crippen LogP) is 1.30. The summed E-state index contributed by atoms with van der Waals surface area (Å²) in [5, 5.41) is 0. The van der Waals surface area contributed by atoms with Gasteiger partial charge >= 0.3 is 0 Å². The minimum Gasteiger partial charge on any atom is -0.597 e. The molecule has 4 nitrogen and oxygen atoms in total. The Bertz CT molecular complexity index is 163. The van der Waals surface area contributed by atoms with Gasteiger partial charge in [0.2, 0.25) is 0 Å². The normalized spacial score (nSPS) is 16.0. The topological polar surface area (TPSA) is 52.6 Å². The summed E-state index contributed by atoms with van der Waals surface area (Å²) in [6, 6.07) is 0. The Kier molecular flexibility index (Phi) is 8.98. The molecule has 0 bridgehead atoms. The average Bonchev–Trinajstić information content (AvgIpc) is 2.24. The van der Waals surface area contributed by atoms with Gasteiger partial charge in [0.05, 0.1) is 35.8 Å². The molecular formula is C9H22N2O2S2. The minimum atomic E-state index is -1.05. The van der Waals surface area contributed by atoms with Crippen LogP contribution < -0.4 is 0 Å². The number of hydrazine groups is 1. The van der Waals surface area contributed by atoms with Crippen LogP contribution in [0.3, 0.4) is 0 Å². The third-order valence-corrected chi connectivity index (χ3v) is 5.09. The van der Waals surface area contributed by atoms with Crippen molar-refractivity contribution in [2.45, 2.75) is 34.1 Å². The molecule has 0 aliphatic carbocycles. The quantitative estimate of drug-likeness (QED) is 0.484. The second-order valence-corrected chi connectivity index (χ2v) is 6.09. The van der Waals surface area contributed by atoms with Crippen molar-refractivity contribution in [1.29, 1.82) is 0 Å². The molecule has 0 radical (unpaired) electrons. The van der Waals surface area contributed by atoms with Gasteiger partial charge in [-0.05, 0) is 36.0 Å². The Labute approximate surface area is 99.6 Å². The molecule has 2 unspecified atom stereocenters. The summed E-state index contributed by atoms with van der Waals surface area (Å²) in [5.74, 6) is 1.19. The van der Waals surface area contributed by atoms with Gasteiger partial charge in [0.25, 0.3) is 0 Å². The fourth-order valence-corrected chi connectivity index (χ4v) is 3.75. The van der Waals surface area contributed by atoms with Crippen LogP contribution in [0.5, 0.6) is 0 Å². The lowest BCUT2D eigenvalue weighted by Gasteiger charge is -2.31. The molecule has 0 saturated heterocycles. The van der Waals surface area contributed by atoms with Gasteiger partial charge in [0.15, 0.2) is 0 Å². The third-order valence-electron chi connectivity index (χ3n) is 1.89. The summed E-state index contributed by atoms with van der Waals surface area (Å²) in [5.41, 5.74) is 0. The zero-order valence-electron chi connectivity index (χ0n) is 10.1. The molecule has 0 aromatic heterocycles. The Balaban J connectivity index is 4.44. The molecule has 0 saturated carbocycles. The van der Waals surface area contributed by atoms with Crippen molar-refractivity contribution in [3.8, 4) is 0 Å². The Morgan fingerprint density at radius 3 is 1.67 bits per heavy atom. The van der Waals surface area contributed by atoms with Crippen LogP contribution in [-0.2, 0) is 22.7 Å². The van der Waals surface area contributed by atoms with Crippen LogP contribution in [0.1, 0.15) is 34.1 Å². The highest BCUT2D eigenvalue weighted by atomic mass is 32.2. The summed E-state index contributed by atoms with van der Waals surface area (Å²) >= 11 is -2.10. The molecule has 0 fully saturated rings. The fraction of sp³-hybridized carbons (Fsp3) is 1.00. The minimum absolute atomic E-state index is 0.563. The van der Waals surface area contributed by atoms with Crippen LogP contribution in [0.2, 0.25) is 0 Å². The fourth-order valence-electron chi connectivity index (χ4n) is 1.24. The van der Waals surface area contributed by atoms with E-state index >= 15 is 0 Å². The van der Waals surface area contributed by atoms with Crippen LogP contribution >= 0.6 is 0 Å².